The molecular weight excluding hydrogens is 366 g/mol. The minimum absolute atomic E-state index is 0.113. The van der Waals surface area contributed by atoms with Crippen LogP contribution in [0.1, 0.15) is 34.2 Å². The van der Waals surface area contributed by atoms with Gasteiger partial charge in [0.15, 0.2) is 6.61 Å². The van der Waals surface area contributed by atoms with E-state index in [-0.39, 0.29) is 18.9 Å². The van der Waals surface area contributed by atoms with Crippen molar-refractivity contribution < 1.29 is 18.7 Å². The standard InChI is InChI=1S/C24H23NO4/c26-23(25-9-8-16-4-1-2-5-19(16)13-25)15-29-24(27)12-20-14-28-22-11-18-7-3-6-17(18)10-21(20)22/h1-2,4-5,10-11,14H,3,6-9,12-13,15H2. The minimum atomic E-state index is -0.404. The van der Waals surface area contributed by atoms with Gasteiger partial charge < -0.3 is 14.1 Å². The van der Waals surface area contributed by atoms with Crippen molar-refractivity contribution in [2.75, 3.05) is 13.2 Å². The number of carbonyl (C=O) groups excluding carboxylic acids is 2. The Balaban J connectivity index is 1.20. The number of hydrogen-bond acceptors (Lipinski definition) is 4. The second-order valence-electron chi connectivity index (χ2n) is 7.90. The van der Waals surface area contributed by atoms with Crippen LogP contribution in [0.25, 0.3) is 11.0 Å². The molecule has 5 nitrogen and oxygen atoms in total. The van der Waals surface area contributed by atoms with Gasteiger partial charge in [-0.2, -0.15) is 0 Å². The Morgan fingerprint density at radius 2 is 1.79 bits per heavy atom. The summed E-state index contributed by atoms with van der Waals surface area (Å²) in [5.41, 5.74) is 6.77. The fraction of sp³-hybridized carbons (Fsp3) is 0.333. The maximum atomic E-state index is 12.5. The average molecular weight is 389 g/mol. The predicted octanol–water partition coefficient (Wildman–Crippen LogP) is 3.59. The van der Waals surface area contributed by atoms with Crippen molar-refractivity contribution in [3.05, 3.63) is 70.5 Å². The number of carbonyl (C=O) groups is 2. The van der Waals surface area contributed by atoms with Crippen molar-refractivity contribution in [1.82, 2.24) is 4.90 Å². The summed E-state index contributed by atoms with van der Waals surface area (Å²) in [5.74, 6) is -0.554. The summed E-state index contributed by atoms with van der Waals surface area (Å²) in [4.78, 5) is 26.6. The zero-order valence-corrected chi connectivity index (χ0v) is 16.3. The minimum Gasteiger partial charge on any atom is -0.464 e. The molecule has 0 bridgehead atoms. The van der Waals surface area contributed by atoms with Crippen LogP contribution in [-0.4, -0.2) is 29.9 Å². The van der Waals surface area contributed by atoms with Crippen LogP contribution in [0, 0.1) is 0 Å². The van der Waals surface area contributed by atoms with E-state index in [1.54, 1.807) is 11.2 Å². The molecule has 1 aliphatic heterocycles. The van der Waals surface area contributed by atoms with E-state index in [2.05, 4.69) is 18.2 Å². The number of hydrogen-bond donors (Lipinski definition) is 0. The van der Waals surface area contributed by atoms with Gasteiger partial charge in [0.2, 0.25) is 0 Å². The summed E-state index contributed by atoms with van der Waals surface area (Å²) in [6.07, 6.45) is 5.91. The molecule has 1 aliphatic carbocycles. The number of rotatable bonds is 4. The molecule has 2 heterocycles. The molecule has 0 N–H and O–H groups in total. The number of fused-ring (bicyclic) bond motifs is 3. The highest BCUT2D eigenvalue weighted by Gasteiger charge is 2.22. The lowest BCUT2D eigenvalue weighted by molar-refractivity contribution is -0.151. The van der Waals surface area contributed by atoms with Crippen LogP contribution in [-0.2, 0) is 46.6 Å². The highest BCUT2D eigenvalue weighted by atomic mass is 16.5. The van der Waals surface area contributed by atoms with Crippen molar-refractivity contribution in [3.8, 4) is 0 Å². The zero-order chi connectivity index (χ0) is 19.8. The van der Waals surface area contributed by atoms with Crippen LogP contribution in [0.5, 0.6) is 0 Å². The van der Waals surface area contributed by atoms with Crippen LogP contribution in [0.4, 0.5) is 0 Å². The Bertz CT molecular complexity index is 1100. The number of nitrogens with zero attached hydrogens (tertiary/aromatic N) is 1. The van der Waals surface area contributed by atoms with Crippen LogP contribution in [0.3, 0.4) is 0 Å². The molecule has 0 fully saturated rings. The first-order valence-electron chi connectivity index (χ1n) is 10.2. The van der Waals surface area contributed by atoms with Gasteiger partial charge in [0.1, 0.15) is 5.58 Å². The smallest absolute Gasteiger partial charge is 0.310 e. The number of amides is 1. The molecular formula is C24H23NO4. The molecule has 0 saturated heterocycles. The van der Waals surface area contributed by atoms with Crippen LogP contribution < -0.4 is 0 Å². The number of furan rings is 1. The summed E-state index contributed by atoms with van der Waals surface area (Å²) in [7, 11) is 0. The molecule has 0 saturated carbocycles. The molecule has 2 aromatic carbocycles. The van der Waals surface area contributed by atoms with Crippen molar-refractivity contribution in [1.29, 1.82) is 0 Å². The van der Waals surface area contributed by atoms with E-state index in [1.807, 2.05) is 18.2 Å². The second kappa shape index (κ2) is 7.39. The topological polar surface area (TPSA) is 59.8 Å². The Morgan fingerprint density at radius 3 is 2.66 bits per heavy atom. The molecule has 0 unspecified atom stereocenters. The zero-order valence-electron chi connectivity index (χ0n) is 16.3. The van der Waals surface area contributed by atoms with E-state index in [0.717, 1.165) is 41.4 Å². The van der Waals surface area contributed by atoms with Gasteiger partial charge in [-0.25, -0.2) is 0 Å². The summed E-state index contributed by atoms with van der Waals surface area (Å²) in [6.45, 7) is 1.01. The molecule has 5 rings (SSSR count). The molecule has 1 amide bonds. The third-order valence-electron chi connectivity index (χ3n) is 6.04. The summed E-state index contributed by atoms with van der Waals surface area (Å²) < 4.78 is 10.9. The average Bonchev–Trinajstić information content (AvgIpc) is 3.36. The largest absolute Gasteiger partial charge is 0.464 e. The van der Waals surface area contributed by atoms with Crippen molar-refractivity contribution in [3.63, 3.8) is 0 Å². The first-order valence-corrected chi connectivity index (χ1v) is 10.2. The first kappa shape index (κ1) is 18.0. The van der Waals surface area contributed by atoms with Gasteiger partial charge in [-0.05, 0) is 60.1 Å². The third kappa shape index (κ3) is 3.53. The van der Waals surface area contributed by atoms with E-state index in [0.29, 0.717) is 13.1 Å². The Labute approximate surface area is 169 Å². The van der Waals surface area contributed by atoms with E-state index >= 15 is 0 Å². The van der Waals surface area contributed by atoms with Crippen LogP contribution in [0.15, 0.2) is 47.1 Å². The van der Waals surface area contributed by atoms with E-state index < -0.39 is 5.97 Å². The fourth-order valence-electron chi connectivity index (χ4n) is 4.43. The monoisotopic (exact) mass is 389 g/mol. The molecule has 29 heavy (non-hydrogen) atoms. The summed E-state index contributed by atoms with van der Waals surface area (Å²) >= 11 is 0. The first-order chi connectivity index (χ1) is 14.2. The lowest BCUT2D eigenvalue weighted by Gasteiger charge is -2.28. The van der Waals surface area contributed by atoms with E-state index in [9.17, 15) is 9.59 Å². The number of esters is 1. The van der Waals surface area contributed by atoms with Gasteiger partial charge >= 0.3 is 5.97 Å². The number of aryl methyl sites for hydroxylation is 2. The third-order valence-corrected chi connectivity index (χ3v) is 6.04. The number of ether oxygens (including phenoxy) is 1. The van der Waals surface area contributed by atoms with E-state index in [4.69, 9.17) is 9.15 Å². The van der Waals surface area contributed by atoms with Gasteiger partial charge in [0.05, 0.1) is 12.7 Å². The van der Waals surface area contributed by atoms with Crippen molar-refractivity contribution in [2.24, 2.45) is 0 Å². The fourth-order valence-corrected chi connectivity index (χ4v) is 4.43. The van der Waals surface area contributed by atoms with E-state index in [1.165, 1.54) is 23.1 Å². The molecule has 3 aromatic rings. The SMILES string of the molecule is O=C(Cc1coc2cc3c(cc12)CCC3)OCC(=O)N1CCc2ccccc2C1. The maximum Gasteiger partial charge on any atom is 0.310 e. The summed E-state index contributed by atoms with van der Waals surface area (Å²) in [6, 6.07) is 12.4. The van der Waals surface area contributed by atoms with Gasteiger partial charge in [-0.1, -0.05) is 24.3 Å². The maximum absolute atomic E-state index is 12.5. The molecule has 0 atom stereocenters. The molecule has 148 valence electrons. The Hall–Kier alpha value is -3.08. The summed E-state index contributed by atoms with van der Waals surface area (Å²) in [5, 5.41) is 0.974. The van der Waals surface area contributed by atoms with Crippen molar-refractivity contribution >= 4 is 22.8 Å². The Kier molecular flexibility index (Phi) is 4.58. The molecule has 0 radical (unpaired) electrons. The molecule has 5 heteroatoms. The normalized spacial score (nSPS) is 15.2. The highest BCUT2D eigenvalue weighted by Crippen LogP contribution is 2.30. The molecule has 1 aromatic heterocycles. The molecule has 2 aliphatic rings. The second-order valence-corrected chi connectivity index (χ2v) is 7.90. The van der Waals surface area contributed by atoms with Gasteiger partial charge in [0, 0.05) is 24.0 Å². The van der Waals surface area contributed by atoms with Crippen LogP contribution >= 0.6 is 0 Å². The number of benzene rings is 2. The lowest BCUT2D eigenvalue weighted by Crippen LogP contribution is -2.38. The molecule has 0 spiro atoms. The highest BCUT2D eigenvalue weighted by molar-refractivity contribution is 5.88. The van der Waals surface area contributed by atoms with Gasteiger partial charge in [-0.15, -0.1) is 0 Å². The van der Waals surface area contributed by atoms with Crippen molar-refractivity contribution in [2.45, 2.75) is 38.6 Å². The Morgan fingerprint density at radius 1 is 1.00 bits per heavy atom. The van der Waals surface area contributed by atoms with Crippen LogP contribution in [0.2, 0.25) is 0 Å². The predicted molar refractivity (Wildman–Crippen MR) is 108 cm³/mol. The van der Waals surface area contributed by atoms with Gasteiger partial charge in [0.25, 0.3) is 5.91 Å². The van der Waals surface area contributed by atoms with Gasteiger partial charge in [-0.3, -0.25) is 9.59 Å². The quantitative estimate of drug-likeness (QED) is 0.640. The lowest BCUT2D eigenvalue weighted by atomic mass is 10.00.